The van der Waals surface area contributed by atoms with E-state index in [4.69, 9.17) is 9.84 Å². The average molecular weight is 385 g/mol. The van der Waals surface area contributed by atoms with Crippen molar-refractivity contribution in [3.05, 3.63) is 41.1 Å². The number of ketones is 1. The average Bonchev–Trinajstić information content (AvgIpc) is 3.01. The molecule has 6 nitrogen and oxygen atoms in total. The maximum Gasteiger partial charge on any atom is 0.227 e. The summed E-state index contributed by atoms with van der Waals surface area (Å²) in [5, 5.41) is 8.81. The van der Waals surface area contributed by atoms with Crippen molar-refractivity contribution in [2.45, 2.75) is 44.8 Å². The van der Waals surface area contributed by atoms with E-state index in [1.54, 1.807) is 18.9 Å². The van der Waals surface area contributed by atoms with Gasteiger partial charge in [-0.25, -0.2) is 4.68 Å². The lowest BCUT2D eigenvalue weighted by Gasteiger charge is -2.38. The van der Waals surface area contributed by atoms with Crippen molar-refractivity contribution < 1.29 is 9.53 Å². The lowest BCUT2D eigenvalue weighted by atomic mass is 9.73. The van der Waals surface area contributed by atoms with Crippen molar-refractivity contribution in [2.24, 2.45) is 5.41 Å². The number of methoxy groups -OCH3 is 1. The molecule has 0 unspecified atom stereocenters. The molecule has 0 spiro atoms. The third-order valence-corrected chi connectivity index (χ3v) is 5.74. The molecule has 1 aromatic carbocycles. The van der Waals surface area contributed by atoms with Crippen molar-refractivity contribution in [3.8, 4) is 5.75 Å². The van der Waals surface area contributed by atoms with Crippen molar-refractivity contribution in [3.63, 3.8) is 0 Å². The highest BCUT2D eigenvalue weighted by Gasteiger charge is 2.41. The summed E-state index contributed by atoms with van der Waals surface area (Å²) < 4.78 is 7.14. The minimum Gasteiger partial charge on any atom is -0.497 e. The summed E-state index contributed by atoms with van der Waals surface area (Å²) in [6, 6.07) is 7.60. The molecule has 0 fully saturated rings. The number of thioether (sulfide) groups is 1. The van der Waals surface area contributed by atoms with Crippen LogP contribution in [0.25, 0.3) is 0 Å². The van der Waals surface area contributed by atoms with Gasteiger partial charge in [0, 0.05) is 17.7 Å². The van der Waals surface area contributed by atoms with E-state index in [2.05, 4.69) is 31.1 Å². The number of aromatic nitrogens is 3. The first kappa shape index (κ1) is 18.1. The second-order valence-corrected chi connectivity index (χ2v) is 8.96. The van der Waals surface area contributed by atoms with E-state index in [9.17, 15) is 4.79 Å². The lowest BCUT2D eigenvalue weighted by Crippen LogP contribution is -2.36. The van der Waals surface area contributed by atoms with E-state index in [1.807, 2.05) is 28.9 Å². The van der Waals surface area contributed by atoms with Gasteiger partial charge in [0.25, 0.3) is 0 Å². The monoisotopic (exact) mass is 384 g/mol. The van der Waals surface area contributed by atoms with E-state index >= 15 is 0 Å². The number of hydrogen-bond donors (Lipinski definition) is 1. The van der Waals surface area contributed by atoms with Crippen LogP contribution in [0, 0.1) is 5.41 Å². The fourth-order valence-corrected chi connectivity index (χ4v) is 4.43. The van der Waals surface area contributed by atoms with Crippen LogP contribution in [0.1, 0.15) is 45.2 Å². The Bertz CT molecular complexity index is 915. The molecule has 1 aliphatic heterocycles. The number of ether oxygens (including phenoxy) is 1. The Morgan fingerprint density at radius 2 is 2.04 bits per heavy atom. The van der Waals surface area contributed by atoms with Crippen LogP contribution in [0.4, 0.5) is 5.95 Å². The zero-order valence-electron chi connectivity index (χ0n) is 16.1. The van der Waals surface area contributed by atoms with Gasteiger partial charge in [-0.15, -0.1) is 5.10 Å². The first-order valence-electron chi connectivity index (χ1n) is 9.18. The second kappa shape index (κ2) is 6.71. The molecule has 0 saturated heterocycles. The molecule has 0 radical (unpaired) electrons. The van der Waals surface area contributed by atoms with Gasteiger partial charge < -0.3 is 10.1 Å². The van der Waals surface area contributed by atoms with Crippen LogP contribution >= 0.6 is 11.8 Å². The van der Waals surface area contributed by atoms with Gasteiger partial charge in [-0.2, -0.15) is 4.98 Å². The summed E-state index contributed by atoms with van der Waals surface area (Å²) in [7, 11) is 1.65. The zero-order chi connectivity index (χ0) is 19.2. The number of nitrogens with zero attached hydrogens (tertiary/aromatic N) is 3. The maximum absolute atomic E-state index is 13.1. The summed E-state index contributed by atoms with van der Waals surface area (Å²) in [6.07, 6.45) is 1.37. The summed E-state index contributed by atoms with van der Waals surface area (Å²) in [6.45, 7) is 6.35. The molecule has 1 N–H and O–H groups in total. The molecule has 7 heteroatoms. The lowest BCUT2D eigenvalue weighted by molar-refractivity contribution is -0.118. The quantitative estimate of drug-likeness (QED) is 0.802. The Labute approximate surface area is 163 Å². The molecule has 27 heavy (non-hydrogen) atoms. The van der Waals surface area contributed by atoms with Crippen molar-refractivity contribution in [1.29, 1.82) is 0 Å². The molecule has 1 aliphatic carbocycles. The molecule has 1 atom stereocenters. The molecule has 142 valence electrons. The van der Waals surface area contributed by atoms with Gasteiger partial charge in [0.1, 0.15) is 11.8 Å². The number of anilines is 1. The molecule has 4 rings (SSSR count). The Hall–Kier alpha value is -2.28. The molecule has 0 amide bonds. The summed E-state index contributed by atoms with van der Waals surface area (Å²) >= 11 is 1.60. The van der Waals surface area contributed by atoms with E-state index in [-0.39, 0.29) is 17.2 Å². The Kier molecular flexibility index (Phi) is 4.50. The predicted molar refractivity (Wildman–Crippen MR) is 106 cm³/mol. The van der Waals surface area contributed by atoms with Crippen LogP contribution in [0.15, 0.2) is 40.7 Å². The zero-order valence-corrected chi connectivity index (χ0v) is 16.9. The Morgan fingerprint density at radius 3 is 2.70 bits per heavy atom. The number of carbonyl (C=O) groups is 1. The molecular formula is C20H24N4O2S. The number of nitrogens with one attached hydrogen (secondary N) is 1. The summed E-state index contributed by atoms with van der Waals surface area (Å²) in [5.41, 5.74) is 2.74. The van der Waals surface area contributed by atoms with Gasteiger partial charge in [-0.05, 0) is 35.3 Å². The predicted octanol–water partition coefficient (Wildman–Crippen LogP) is 4.06. The van der Waals surface area contributed by atoms with Crippen LogP contribution in [0.5, 0.6) is 5.75 Å². The second-order valence-electron chi connectivity index (χ2n) is 7.73. The Balaban J connectivity index is 1.85. The van der Waals surface area contributed by atoms with Gasteiger partial charge in [0.15, 0.2) is 5.78 Å². The van der Waals surface area contributed by atoms with E-state index in [0.717, 1.165) is 39.9 Å². The van der Waals surface area contributed by atoms with Gasteiger partial charge in [-0.3, -0.25) is 4.79 Å². The number of hydrogen-bond acceptors (Lipinski definition) is 6. The Morgan fingerprint density at radius 1 is 1.30 bits per heavy atom. The summed E-state index contributed by atoms with van der Waals surface area (Å²) in [5.74, 6) is 2.57. The largest absolute Gasteiger partial charge is 0.497 e. The standard InChI is InChI=1S/C20H24N4O2S/c1-5-27-19-22-18-21-14-10-20(2,3)11-15(25)16(14)17(24(18)23-19)12-6-8-13(26-4)9-7-12/h6-9,17H,5,10-11H2,1-4H3,(H,21,22,23)/t17-/m0/s1. The highest BCUT2D eigenvalue weighted by atomic mass is 32.2. The van der Waals surface area contributed by atoms with E-state index < -0.39 is 0 Å². The minimum absolute atomic E-state index is 0.0590. The van der Waals surface area contributed by atoms with Crippen LogP contribution in [0.3, 0.4) is 0 Å². The molecule has 0 bridgehead atoms. The smallest absolute Gasteiger partial charge is 0.227 e. The maximum atomic E-state index is 13.1. The van der Waals surface area contributed by atoms with Crippen LogP contribution in [0.2, 0.25) is 0 Å². The SMILES string of the molecule is CCSc1nc2n(n1)[C@@H](c1ccc(OC)cc1)C1=C(CC(C)(C)CC1=O)N2. The first-order chi connectivity index (χ1) is 12.9. The first-order valence-corrected chi connectivity index (χ1v) is 10.2. The molecule has 1 aromatic heterocycles. The number of allylic oxidation sites excluding steroid dienone is 2. The molecule has 0 saturated carbocycles. The normalized spacial score (nSPS) is 20.7. The number of carbonyl (C=O) groups excluding carboxylic acids is 1. The fourth-order valence-electron chi connectivity index (χ4n) is 3.87. The van der Waals surface area contributed by atoms with E-state index in [1.165, 1.54) is 0 Å². The highest BCUT2D eigenvalue weighted by Crippen LogP contribution is 2.45. The van der Waals surface area contributed by atoms with E-state index in [0.29, 0.717) is 12.4 Å². The van der Waals surface area contributed by atoms with Gasteiger partial charge in [0.2, 0.25) is 11.1 Å². The minimum atomic E-state index is -0.260. The van der Waals surface area contributed by atoms with Crippen LogP contribution in [-0.2, 0) is 4.79 Å². The molecule has 2 aromatic rings. The topological polar surface area (TPSA) is 69.0 Å². The third-order valence-electron chi connectivity index (χ3n) is 5.02. The van der Waals surface area contributed by atoms with Gasteiger partial charge in [0.05, 0.1) is 7.11 Å². The summed E-state index contributed by atoms with van der Waals surface area (Å²) in [4.78, 5) is 17.8. The van der Waals surface area contributed by atoms with Crippen molar-refractivity contribution >= 4 is 23.5 Å². The van der Waals surface area contributed by atoms with Crippen LogP contribution in [-0.4, -0.2) is 33.4 Å². The van der Waals surface area contributed by atoms with Gasteiger partial charge >= 0.3 is 0 Å². The van der Waals surface area contributed by atoms with Crippen molar-refractivity contribution in [2.75, 3.05) is 18.2 Å². The number of Topliss-reactive ketones (excluding diaryl/α,β-unsaturated/α-hetero) is 1. The molecule has 2 heterocycles. The molecular weight excluding hydrogens is 360 g/mol. The number of rotatable bonds is 4. The van der Waals surface area contributed by atoms with Crippen LogP contribution < -0.4 is 10.1 Å². The number of benzene rings is 1. The third kappa shape index (κ3) is 3.25. The molecule has 2 aliphatic rings. The van der Waals surface area contributed by atoms with Crippen molar-refractivity contribution in [1.82, 2.24) is 14.8 Å². The number of fused-ring (bicyclic) bond motifs is 1. The van der Waals surface area contributed by atoms with Gasteiger partial charge in [-0.1, -0.05) is 44.7 Å². The fraction of sp³-hybridized carbons (Fsp3) is 0.450. The highest BCUT2D eigenvalue weighted by molar-refractivity contribution is 7.99.